The van der Waals surface area contributed by atoms with Crippen molar-refractivity contribution in [2.75, 3.05) is 19.5 Å². The molecule has 1 N–H and O–H groups in total. The number of aromatic nitrogens is 1. The minimum absolute atomic E-state index is 0.0777. The van der Waals surface area contributed by atoms with E-state index in [2.05, 4.69) is 10.3 Å². The molecule has 1 atom stereocenters. The van der Waals surface area contributed by atoms with Crippen molar-refractivity contribution in [3.05, 3.63) is 47.5 Å². The van der Waals surface area contributed by atoms with E-state index in [0.29, 0.717) is 10.7 Å². The Kier molecular flexibility index (Phi) is 5.69. The van der Waals surface area contributed by atoms with Crippen molar-refractivity contribution in [3.63, 3.8) is 0 Å². The van der Waals surface area contributed by atoms with Gasteiger partial charge in [0.1, 0.15) is 10.8 Å². The average molecular weight is 420 g/mol. The fourth-order valence-corrected chi connectivity index (χ4v) is 5.20. The molecule has 1 heterocycles. The van der Waals surface area contributed by atoms with Crippen LogP contribution in [0.4, 0.5) is 5.69 Å². The summed E-state index contributed by atoms with van der Waals surface area (Å²) in [6.45, 7) is 3.18. The van der Waals surface area contributed by atoms with Crippen molar-refractivity contribution in [1.29, 1.82) is 0 Å². The molecule has 9 heteroatoms. The Morgan fingerprint density at radius 1 is 1.25 bits per heavy atom. The maximum absolute atomic E-state index is 13.1. The van der Waals surface area contributed by atoms with Crippen molar-refractivity contribution in [1.82, 2.24) is 9.29 Å². The number of thiazole rings is 1. The molecule has 3 aromatic rings. The highest BCUT2D eigenvalue weighted by atomic mass is 32.2. The number of benzene rings is 2. The Labute approximate surface area is 168 Å². The van der Waals surface area contributed by atoms with Crippen LogP contribution in [-0.2, 0) is 14.8 Å². The standard InChI is InChI=1S/C19H21N3O4S2/c1-12(19-21-16-7-5-6-8-18(16)27-19)22(3)28(24,25)14-9-10-15(20-13(2)23)17(11-14)26-4/h5-12H,1-4H3,(H,20,23)/t12-/m1/s1. The maximum Gasteiger partial charge on any atom is 0.243 e. The van der Waals surface area contributed by atoms with E-state index in [-0.39, 0.29) is 16.6 Å². The van der Waals surface area contributed by atoms with Gasteiger partial charge in [0.15, 0.2) is 0 Å². The van der Waals surface area contributed by atoms with E-state index in [1.807, 2.05) is 24.3 Å². The summed E-state index contributed by atoms with van der Waals surface area (Å²) in [6.07, 6.45) is 0. The van der Waals surface area contributed by atoms with E-state index in [1.54, 1.807) is 6.92 Å². The number of carbonyl (C=O) groups excluding carboxylic acids is 1. The number of para-hydroxylation sites is 1. The number of hydrogen-bond donors (Lipinski definition) is 1. The van der Waals surface area contributed by atoms with Gasteiger partial charge < -0.3 is 10.1 Å². The van der Waals surface area contributed by atoms with Crippen LogP contribution in [-0.4, -0.2) is 37.8 Å². The number of ether oxygens (including phenoxy) is 1. The molecular weight excluding hydrogens is 398 g/mol. The van der Waals surface area contributed by atoms with Gasteiger partial charge in [-0.15, -0.1) is 11.3 Å². The second kappa shape index (κ2) is 7.86. The molecule has 1 aromatic heterocycles. The third-order valence-electron chi connectivity index (χ3n) is 4.37. The van der Waals surface area contributed by atoms with Gasteiger partial charge in [-0.25, -0.2) is 13.4 Å². The molecule has 0 aliphatic carbocycles. The number of fused-ring (bicyclic) bond motifs is 1. The summed E-state index contributed by atoms with van der Waals surface area (Å²) >= 11 is 1.47. The number of anilines is 1. The molecule has 148 valence electrons. The lowest BCUT2D eigenvalue weighted by molar-refractivity contribution is -0.114. The number of hydrogen-bond acceptors (Lipinski definition) is 6. The van der Waals surface area contributed by atoms with Gasteiger partial charge in [-0.1, -0.05) is 12.1 Å². The van der Waals surface area contributed by atoms with Crippen LogP contribution in [0.2, 0.25) is 0 Å². The van der Waals surface area contributed by atoms with Crippen LogP contribution < -0.4 is 10.1 Å². The number of nitrogens with zero attached hydrogens (tertiary/aromatic N) is 2. The van der Waals surface area contributed by atoms with Crippen LogP contribution in [0.25, 0.3) is 10.2 Å². The van der Waals surface area contributed by atoms with Crippen LogP contribution in [0.15, 0.2) is 47.4 Å². The van der Waals surface area contributed by atoms with E-state index in [1.165, 1.54) is 54.9 Å². The minimum Gasteiger partial charge on any atom is -0.495 e. The number of rotatable bonds is 6. The number of carbonyl (C=O) groups is 1. The molecule has 1 amide bonds. The van der Waals surface area contributed by atoms with E-state index in [9.17, 15) is 13.2 Å². The van der Waals surface area contributed by atoms with Gasteiger partial charge in [-0.05, 0) is 31.2 Å². The van der Waals surface area contributed by atoms with E-state index < -0.39 is 16.1 Å². The van der Waals surface area contributed by atoms with Crippen molar-refractivity contribution >= 4 is 43.2 Å². The SMILES string of the molecule is COc1cc(S(=O)(=O)N(C)[C@H](C)c2nc3ccccc3s2)ccc1NC(C)=O. The van der Waals surface area contributed by atoms with Crippen LogP contribution in [0, 0.1) is 0 Å². The van der Waals surface area contributed by atoms with Crippen molar-refractivity contribution in [2.45, 2.75) is 24.8 Å². The van der Waals surface area contributed by atoms with Crippen LogP contribution >= 0.6 is 11.3 Å². The van der Waals surface area contributed by atoms with Crippen molar-refractivity contribution in [2.24, 2.45) is 0 Å². The molecule has 0 unspecified atom stereocenters. The van der Waals surface area contributed by atoms with Gasteiger partial charge in [0.25, 0.3) is 0 Å². The molecule has 0 fully saturated rings. The second-order valence-electron chi connectivity index (χ2n) is 6.26. The highest BCUT2D eigenvalue weighted by molar-refractivity contribution is 7.89. The first-order valence-electron chi connectivity index (χ1n) is 8.53. The van der Waals surface area contributed by atoms with Gasteiger partial charge >= 0.3 is 0 Å². The van der Waals surface area contributed by atoms with Crippen molar-refractivity contribution in [3.8, 4) is 5.75 Å². The Morgan fingerprint density at radius 2 is 1.96 bits per heavy atom. The number of amides is 1. The lowest BCUT2D eigenvalue weighted by Gasteiger charge is -2.23. The quantitative estimate of drug-likeness (QED) is 0.659. The van der Waals surface area contributed by atoms with Crippen LogP contribution in [0.3, 0.4) is 0 Å². The summed E-state index contributed by atoms with van der Waals surface area (Å²) in [5.41, 5.74) is 1.26. The first kappa shape index (κ1) is 20.2. The predicted octanol–water partition coefficient (Wildman–Crippen LogP) is 3.65. The van der Waals surface area contributed by atoms with Gasteiger partial charge in [0.2, 0.25) is 15.9 Å². The normalized spacial score (nSPS) is 12.9. The molecule has 0 bridgehead atoms. The number of sulfonamides is 1. The number of methoxy groups -OCH3 is 1. The Morgan fingerprint density at radius 3 is 2.61 bits per heavy atom. The zero-order chi connectivity index (χ0) is 20.5. The fourth-order valence-electron chi connectivity index (χ4n) is 2.72. The summed E-state index contributed by atoms with van der Waals surface area (Å²) in [5, 5.41) is 3.33. The summed E-state index contributed by atoms with van der Waals surface area (Å²) < 4.78 is 33.8. The molecule has 0 aliphatic rings. The van der Waals surface area contributed by atoms with Gasteiger partial charge in [-0.2, -0.15) is 4.31 Å². The topological polar surface area (TPSA) is 88.6 Å². The first-order chi connectivity index (χ1) is 13.2. The van der Waals surface area contributed by atoms with Crippen LogP contribution in [0.5, 0.6) is 5.75 Å². The van der Waals surface area contributed by atoms with Crippen molar-refractivity contribution < 1.29 is 17.9 Å². The summed E-state index contributed by atoms with van der Waals surface area (Å²) in [4.78, 5) is 15.9. The zero-order valence-electron chi connectivity index (χ0n) is 16.0. The fraction of sp³-hybridized carbons (Fsp3) is 0.263. The monoisotopic (exact) mass is 419 g/mol. The molecule has 0 saturated carbocycles. The van der Waals surface area contributed by atoms with Gasteiger partial charge in [0, 0.05) is 20.0 Å². The molecule has 28 heavy (non-hydrogen) atoms. The molecule has 0 saturated heterocycles. The molecule has 0 aliphatic heterocycles. The van der Waals surface area contributed by atoms with E-state index in [4.69, 9.17) is 4.74 Å². The van der Waals surface area contributed by atoms with Gasteiger partial charge in [0.05, 0.1) is 34.0 Å². The third kappa shape index (κ3) is 3.87. The maximum atomic E-state index is 13.1. The summed E-state index contributed by atoms with van der Waals surface area (Å²) in [6, 6.07) is 11.6. The van der Waals surface area contributed by atoms with E-state index >= 15 is 0 Å². The predicted molar refractivity (Wildman–Crippen MR) is 110 cm³/mol. The molecule has 3 rings (SSSR count). The Bertz CT molecular complexity index is 1090. The molecule has 2 aromatic carbocycles. The molecular formula is C19H21N3O4S2. The summed E-state index contributed by atoms with van der Waals surface area (Å²) in [7, 11) is -0.845. The second-order valence-corrected chi connectivity index (χ2v) is 9.32. The lowest BCUT2D eigenvalue weighted by atomic mass is 10.3. The van der Waals surface area contributed by atoms with Gasteiger partial charge in [-0.3, -0.25) is 4.79 Å². The Balaban J connectivity index is 1.93. The lowest BCUT2D eigenvalue weighted by Crippen LogP contribution is -2.29. The molecule has 7 nitrogen and oxygen atoms in total. The summed E-state index contributed by atoms with van der Waals surface area (Å²) in [5.74, 6) is 0.00722. The largest absolute Gasteiger partial charge is 0.495 e. The zero-order valence-corrected chi connectivity index (χ0v) is 17.6. The Hall–Kier alpha value is -2.49. The molecule has 0 spiro atoms. The van der Waals surface area contributed by atoms with E-state index in [0.717, 1.165) is 10.2 Å². The molecule has 0 radical (unpaired) electrons. The smallest absolute Gasteiger partial charge is 0.243 e. The first-order valence-corrected chi connectivity index (χ1v) is 10.8. The van der Waals surface area contributed by atoms with Crippen LogP contribution in [0.1, 0.15) is 24.9 Å². The number of nitrogens with one attached hydrogen (secondary N) is 1. The third-order valence-corrected chi connectivity index (χ3v) is 7.50. The average Bonchev–Trinajstić information content (AvgIpc) is 3.10. The minimum atomic E-state index is -3.79. The highest BCUT2D eigenvalue weighted by Crippen LogP contribution is 2.34. The highest BCUT2D eigenvalue weighted by Gasteiger charge is 2.29.